The Morgan fingerprint density at radius 3 is 1.84 bits per heavy atom. The van der Waals surface area contributed by atoms with Gasteiger partial charge in [-0.05, 0) is 237 Å². The van der Waals surface area contributed by atoms with Crippen LogP contribution in [0, 0.1) is 132 Å². The summed E-state index contributed by atoms with van der Waals surface area (Å²) in [7, 11) is 0. The van der Waals surface area contributed by atoms with Crippen LogP contribution in [0.3, 0.4) is 0 Å². The Hall–Kier alpha value is -2.86. The predicted molar refractivity (Wildman–Crippen MR) is 260 cm³/mol. The number of hydrogen-bond acceptors (Lipinski definition) is 0. The number of allylic oxidation sites excluding steroid dienone is 16. The van der Waals surface area contributed by atoms with E-state index in [-0.39, 0.29) is 0 Å². The molecule has 0 N–H and O–H groups in total. The number of hydrogen-bond donors (Lipinski definition) is 0. The van der Waals surface area contributed by atoms with Crippen LogP contribution in [0.25, 0.3) is 0 Å². The Bertz CT molecular complexity index is 2200. The monoisotopic (exact) mass is 825 g/mol. The molecular formula is C62H80. The molecule has 0 aromatic heterocycles. The van der Waals surface area contributed by atoms with Crippen molar-refractivity contribution in [2.24, 2.45) is 118 Å². The molecule has 0 nitrogen and oxygen atoms in total. The van der Waals surface area contributed by atoms with E-state index in [1.54, 1.807) is 16.7 Å². The Morgan fingerprint density at radius 2 is 1.16 bits per heavy atom. The van der Waals surface area contributed by atoms with Crippen molar-refractivity contribution in [2.45, 2.75) is 132 Å². The van der Waals surface area contributed by atoms with E-state index in [0.29, 0.717) is 29.6 Å². The minimum Gasteiger partial charge on any atom is -0.0880 e. The highest BCUT2D eigenvalue weighted by atomic mass is 14.7. The second-order valence-corrected chi connectivity index (χ2v) is 24.4. The van der Waals surface area contributed by atoms with Gasteiger partial charge in [0.25, 0.3) is 0 Å². The minimum atomic E-state index is 0.508. The third kappa shape index (κ3) is 5.87. The summed E-state index contributed by atoms with van der Waals surface area (Å²) in [5, 5.41) is 0. The number of fused-ring (bicyclic) bond motifs is 8. The van der Waals surface area contributed by atoms with Gasteiger partial charge in [-0.25, -0.2) is 0 Å². The first-order chi connectivity index (χ1) is 30.1. The molecule has 1 aromatic carbocycles. The van der Waals surface area contributed by atoms with Crippen molar-refractivity contribution in [3.63, 3.8) is 0 Å². The summed E-state index contributed by atoms with van der Waals surface area (Å²) in [6.45, 7) is 20.3. The maximum atomic E-state index is 2.91. The van der Waals surface area contributed by atoms with Gasteiger partial charge in [0.05, 0.1) is 0 Å². The molecule has 11 aliphatic rings. The van der Waals surface area contributed by atoms with E-state index in [2.05, 4.69) is 145 Å². The predicted octanol–water partition coefficient (Wildman–Crippen LogP) is 15.9. The second kappa shape index (κ2) is 15.4. The molecule has 4 fully saturated rings. The first kappa shape index (κ1) is 40.6. The number of rotatable bonds is 4. The topological polar surface area (TPSA) is 0 Å². The van der Waals surface area contributed by atoms with Gasteiger partial charge in [0.15, 0.2) is 0 Å². The van der Waals surface area contributed by atoms with E-state index in [9.17, 15) is 0 Å². The largest absolute Gasteiger partial charge is 0.0880 e. The zero-order valence-electron chi connectivity index (χ0n) is 39.9. The van der Waals surface area contributed by atoms with E-state index >= 15 is 0 Å². The molecule has 4 saturated carbocycles. The molecule has 0 saturated heterocycles. The second-order valence-electron chi connectivity index (χ2n) is 24.4. The molecule has 0 aliphatic heterocycles. The van der Waals surface area contributed by atoms with Gasteiger partial charge in [-0.2, -0.15) is 0 Å². The van der Waals surface area contributed by atoms with Crippen molar-refractivity contribution >= 4 is 0 Å². The number of aryl methyl sites for hydroxylation is 2. The van der Waals surface area contributed by atoms with Crippen LogP contribution in [0.5, 0.6) is 0 Å². The van der Waals surface area contributed by atoms with Crippen molar-refractivity contribution in [3.05, 3.63) is 129 Å². The highest BCUT2D eigenvalue weighted by Gasteiger charge is 2.65. The standard InChI is InChI=1S/C62H80/c1-33-15-9-16-34(2)53(33)45-27-29-47(55-37(5)19-11-20-38(55)6)61-51-31-49-42-24-14-26-44-58(42)52(32-50(49)41-23-13-25-43(57(41)51)59(45)61)62-48(56-39(7)21-12-22-40(56)8)30-28-46(60(44)62)54-35(3)17-10-18-36(54)4/h9-13,15,17,19,21-23,28,30,33-34,36-38,41-45,47-53,55,57-58,62H,14,16,18,20,24-27,29,31-32H2,1-8H3. The molecule has 0 radical (unpaired) electrons. The zero-order chi connectivity index (χ0) is 42.3. The molecule has 0 heteroatoms. The van der Waals surface area contributed by atoms with E-state index in [1.165, 1.54) is 87.3 Å². The summed E-state index contributed by atoms with van der Waals surface area (Å²) in [5.41, 5.74) is 15.8. The van der Waals surface area contributed by atoms with Crippen LogP contribution in [-0.4, -0.2) is 0 Å². The lowest BCUT2D eigenvalue weighted by Crippen LogP contribution is -2.52. The molecule has 11 aliphatic carbocycles. The molecule has 0 heterocycles. The van der Waals surface area contributed by atoms with Crippen molar-refractivity contribution in [1.82, 2.24) is 0 Å². The van der Waals surface area contributed by atoms with Crippen LogP contribution in [0.15, 0.2) is 112 Å². The first-order valence-electron chi connectivity index (χ1n) is 26.7. The molecule has 21 atom stereocenters. The van der Waals surface area contributed by atoms with Gasteiger partial charge in [0.1, 0.15) is 0 Å². The highest BCUT2D eigenvalue weighted by molar-refractivity contribution is 5.58. The summed E-state index contributed by atoms with van der Waals surface area (Å²) in [6.07, 6.45) is 41.8. The first-order valence-corrected chi connectivity index (χ1v) is 26.7. The molecule has 62 heavy (non-hydrogen) atoms. The third-order valence-corrected chi connectivity index (χ3v) is 21.7. The van der Waals surface area contributed by atoms with Crippen LogP contribution >= 0.6 is 0 Å². The molecule has 1 aromatic rings. The summed E-state index contributed by atoms with van der Waals surface area (Å²) < 4.78 is 0. The average molecular weight is 825 g/mol. The van der Waals surface area contributed by atoms with Gasteiger partial charge in [-0.1, -0.05) is 137 Å². The molecule has 0 bridgehead atoms. The van der Waals surface area contributed by atoms with E-state index in [0.717, 1.165) is 94.7 Å². The fraction of sp³-hybridized carbons (Fsp3) is 0.645. The minimum absolute atomic E-state index is 0.508. The van der Waals surface area contributed by atoms with E-state index < -0.39 is 0 Å². The molecule has 0 amide bonds. The van der Waals surface area contributed by atoms with Crippen molar-refractivity contribution in [3.8, 4) is 0 Å². The van der Waals surface area contributed by atoms with Crippen molar-refractivity contribution in [2.75, 3.05) is 0 Å². The SMILES string of the molecule is CC1=C(C2=C3C4CCCC5C6CC7C8=C(C(C9C(C)C=CCC9C)CCC8C8C(C)C=CCC8C)C8CC=CC(C6CC(C3C(c3c(C)cccc3C)C=C2)C45)C87)C(C)CC=C1. The normalized spacial score (nSPS) is 48.5. The molecular weight excluding hydrogens is 745 g/mol. The lowest BCUT2D eigenvalue weighted by atomic mass is 9.46. The van der Waals surface area contributed by atoms with Gasteiger partial charge in [0.2, 0.25) is 0 Å². The van der Waals surface area contributed by atoms with Crippen LogP contribution in [0.4, 0.5) is 0 Å². The van der Waals surface area contributed by atoms with Crippen LogP contribution in [-0.2, 0) is 0 Å². The van der Waals surface area contributed by atoms with Crippen LogP contribution in [0.1, 0.15) is 135 Å². The smallest absolute Gasteiger partial charge is 0.00952 e. The summed E-state index contributed by atoms with van der Waals surface area (Å²) in [4.78, 5) is 0. The molecule has 21 unspecified atom stereocenters. The average Bonchev–Trinajstić information content (AvgIpc) is 3.77. The van der Waals surface area contributed by atoms with Gasteiger partial charge in [-0.15, -0.1) is 0 Å². The Morgan fingerprint density at radius 1 is 0.500 bits per heavy atom. The van der Waals surface area contributed by atoms with Gasteiger partial charge < -0.3 is 0 Å². The summed E-state index contributed by atoms with van der Waals surface area (Å²) >= 11 is 0. The fourth-order valence-electron chi connectivity index (χ4n) is 20.1. The quantitative estimate of drug-likeness (QED) is 0.265. The van der Waals surface area contributed by atoms with Crippen molar-refractivity contribution < 1.29 is 0 Å². The lowest BCUT2D eigenvalue weighted by Gasteiger charge is -2.58. The Kier molecular flexibility index (Phi) is 10.1. The zero-order valence-corrected chi connectivity index (χ0v) is 39.9. The van der Waals surface area contributed by atoms with Gasteiger partial charge >= 0.3 is 0 Å². The van der Waals surface area contributed by atoms with Crippen LogP contribution in [0.2, 0.25) is 0 Å². The van der Waals surface area contributed by atoms with E-state index in [1.807, 2.05) is 5.57 Å². The summed E-state index contributed by atoms with van der Waals surface area (Å²) in [5.74, 6) is 16.4. The van der Waals surface area contributed by atoms with Crippen molar-refractivity contribution in [1.29, 1.82) is 0 Å². The van der Waals surface area contributed by atoms with Gasteiger partial charge in [0, 0.05) is 5.92 Å². The summed E-state index contributed by atoms with van der Waals surface area (Å²) in [6, 6.07) is 7.17. The fourth-order valence-corrected chi connectivity index (χ4v) is 20.1. The molecule has 328 valence electrons. The van der Waals surface area contributed by atoms with E-state index in [4.69, 9.17) is 0 Å². The van der Waals surface area contributed by atoms with Crippen LogP contribution < -0.4 is 0 Å². The molecule has 0 spiro atoms. The number of benzene rings is 1. The lowest BCUT2D eigenvalue weighted by molar-refractivity contribution is -0.0744. The maximum Gasteiger partial charge on any atom is 0.00952 e. The van der Waals surface area contributed by atoms with Gasteiger partial charge in [-0.3, -0.25) is 0 Å². The maximum absolute atomic E-state index is 2.91. The highest BCUT2D eigenvalue weighted by Crippen LogP contribution is 2.73. The molecule has 12 rings (SSSR count). The third-order valence-electron chi connectivity index (χ3n) is 21.7. The Balaban J connectivity index is 0.990. The Labute approximate surface area is 377 Å².